The first-order valence-electron chi connectivity index (χ1n) is 5.86. The lowest BCUT2D eigenvalue weighted by molar-refractivity contribution is 0.0815. The van der Waals surface area contributed by atoms with E-state index in [1.165, 1.54) is 0 Å². The smallest absolute Gasteiger partial charge is 0.287 e. The van der Waals surface area contributed by atoms with Crippen molar-refractivity contribution in [1.29, 1.82) is 0 Å². The van der Waals surface area contributed by atoms with E-state index in [-0.39, 0.29) is 12.0 Å². The summed E-state index contributed by atoms with van der Waals surface area (Å²) in [5, 5.41) is 2.88. The van der Waals surface area contributed by atoms with Gasteiger partial charge >= 0.3 is 0 Å². The van der Waals surface area contributed by atoms with Gasteiger partial charge in [-0.25, -0.2) is 0 Å². The van der Waals surface area contributed by atoms with Crippen LogP contribution in [-0.4, -0.2) is 25.2 Å². The second kappa shape index (κ2) is 5.69. The van der Waals surface area contributed by atoms with Crippen LogP contribution < -0.4 is 5.32 Å². The third kappa shape index (κ3) is 3.10. The maximum atomic E-state index is 11.7. The first-order valence-corrected chi connectivity index (χ1v) is 6.65. The molecular formula is C12H16BrNO3. The number of halogens is 1. The highest BCUT2D eigenvalue weighted by molar-refractivity contribution is 9.10. The number of carbonyl (C=O) groups is 1. The molecule has 4 nitrogen and oxygen atoms in total. The van der Waals surface area contributed by atoms with E-state index in [0.717, 1.165) is 19.4 Å². The standard InChI is InChI=1S/C12H16BrNO3/c1-2-9-8(5-6-16-9)7-14-12(15)10-3-4-11(13)17-10/h3-4,8-9H,2,5-7H2,1H3,(H,14,15). The molecule has 0 saturated carbocycles. The molecule has 1 amide bonds. The van der Waals surface area contributed by atoms with Crippen LogP contribution in [0.25, 0.3) is 0 Å². The zero-order valence-electron chi connectivity index (χ0n) is 9.74. The Labute approximate surface area is 109 Å². The first-order chi connectivity index (χ1) is 8.20. The van der Waals surface area contributed by atoms with Gasteiger partial charge in [0.1, 0.15) is 0 Å². The second-order valence-electron chi connectivity index (χ2n) is 4.18. The van der Waals surface area contributed by atoms with Crippen molar-refractivity contribution in [3.63, 3.8) is 0 Å². The van der Waals surface area contributed by atoms with Crippen LogP contribution in [0.1, 0.15) is 30.3 Å². The Balaban J connectivity index is 1.84. The van der Waals surface area contributed by atoms with Gasteiger partial charge in [-0.3, -0.25) is 4.79 Å². The average Bonchev–Trinajstić information content (AvgIpc) is 2.94. The summed E-state index contributed by atoms with van der Waals surface area (Å²) in [6.07, 6.45) is 2.28. The molecule has 0 bridgehead atoms. The van der Waals surface area contributed by atoms with E-state index in [9.17, 15) is 4.79 Å². The molecule has 0 radical (unpaired) electrons. The van der Waals surface area contributed by atoms with Crippen molar-refractivity contribution in [3.05, 3.63) is 22.6 Å². The third-order valence-corrected chi connectivity index (χ3v) is 3.50. The van der Waals surface area contributed by atoms with Crippen molar-refractivity contribution in [2.24, 2.45) is 5.92 Å². The van der Waals surface area contributed by atoms with Gasteiger partial charge in [0, 0.05) is 19.1 Å². The van der Waals surface area contributed by atoms with Crippen LogP contribution in [0.15, 0.2) is 21.2 Å². The second-order valence-corrected chi connectivity index (χ2v) is 4.96. The topological polar surface area (TPSA) is 51.5 Å². The van der Waals surface area contributed by atoms with E-state index in [4.69, 9.17) is 9.15 Å². The van der Waals surface area contributed by atoms with Crippen LogP contribution in [0, 0.1) is 5.92 Å². The highest BCUT2D eigenvalue weighted by Crippen LogP contribution is 2.22. The molecule has 1 aromatic heterocycles. The van der Waals surface area contributed by atoms with Crippen molar-refractivity contribution in [3.8, 4) is 0 Å². The zero-order chi connectivity index (χ0) is 12.3. The quantitative estimate of drug-likeness (QED) is 0.930. The normalized spacial score (nSPS) is 23.9. The Hall–Kier alpha value is -0.810. The molecule has 1 saturated heterocycles. The lowest BCUT2D eigenvalue weighted by Gasteiger charge is -2.16. The fraction of sp³-hybridized carbons (Fsp3) is 0.583. The number of nitrogens with one attached hydrogen (secondary N) is 1. The molecule has 1 aliphatic heterocycles. The SMILES string of the molecule is CCC1OCCC1CNC(=O)c1ccc(Br)o1. The molecule has 0 aliphatic carbocycles. The molecule has 2 heterocycles. The van der Waals surface area contributed by atoms with Crippen LogP contribution in [0.3, 0.4) is 0 Å². The Kier molecular flexibility index (Phi) is 4.23. The number of carbonyl (C=O) groups excluding carboxylic acids is 1. The Morgan fingerprint density at radius 2 is 2.41 bits per heavy atom. The molecule has 17 heavy (non-hydrogen) atoms. The summed E-state index contributed by atoms with van der Waals surface area (Å²) in [5.41, 5.74) is 0. The van der Waals surface area contributed by atoms with Gasteiger partial charge in [0.2, 0.25) is 0 Å². The van der Waals surface area contributed by atoms with Crippen molar-refractivity contribution < 1.29 is 13.9 Å². The van der Waals surface area contributed by atoms with Gasteiger partial charge in [-0.2, -0.15) is 0 Å². The summed E-state index contributed by atoms with van der Waals surface area (Å²) >= 11 is 3.17. The summed E-state index contributed by atoms with van der Waals surface area (Å²) in [6.45, 7) is 3.55. The van der Waals surface area contributed by atoms with Gasteiger partial charge in [0.05, 0.1) is 6.10 Å². The molecule has 2 unspecified atom stereocenters. The van der Waals surface area contributed by atoms with Crippen molar-refractivity contribution in [2.45, 2.75) is 25.9 Å². The van der Waals surface area contributed by atoms with Crippen LogP contribution in [0.5, 0.6) is 0 Å². The molecule has 2 rings (SSSR count). The lowest BCUT2D eigenvalue weighted by atomic mass is 10.00. The van der Waals surface area contributed by atoms with Crippen LogP contribution in [0.2, 0.25) is 0 Å². The number of hydrogen-bond acceptors (Lipinski definition) is 3. The predicted octanol–water partition coefficient (Wildman–Crippen LogP) is 2.59. The Bertz CT molecular complexity index is 391. The van der Waals surface area contributed by atoms with E-state index in [0.29, 0.717) is 22.9 Å². The predicted molar refractivity (Wildman–Crippen MR) is 66.9 cm³/mol. The van der Waals surface area contributed by atoms with E-state index in [2.05, 4.69) is 28.2 Å². The zero-order valence-corrected chi connectivity index (χ0v) is 11.3. The number of hydrogen-bond donors (Lipinski definition) is 1. The van der Waals surface area contributed by atoms with E-state index in [1.54, 1.807) is 12.1 Å². The minimum Gasteiger partial charge on any atom is -0.444 e. The monoisotopic (exact) mass is 301 g/mol. The van der Waals surface area contributed by atoms with Gasteiger partial charge < -0.3 is 14.5 Å². The van der Waals surface area contributed by atoms with Crippen LogP contribution in [0.4, 0.5) is 0 Å². The number of rotatable bonds is 4. The molecule has 94 valence electrons. The third-order valence-electron chi connectivity index (χ3n) is 3.07. The van der Waals surface area contributed by atoms with Crippen molar-refractivity contribution in [1.82, 2.24) is 5.32 Å². The fourth-order valence-electron chi connectivity index (χ4n) is 2.12. The molecule has 0 spiro atoms. The first kappa shape index (κ1) is 12.6. The average molecular weight is 302 g/mol. The molecule has 1 aromatic rings. The summed E-state index contributed by atoms with van der Waals surface area (Å²) in [4.78, 5) is 11.7. The Morgan fingerprint density at radius 3 is 3.06 bits per heavy atom. The van der Waals surface area contributed by atoms with Gasteiger partial charge in [0.15, 0.2) is 10.4 Å². The van der Waals surface area contributed by atoms with Gasteiger partial charge in [-0.15, -0.1) is 0 Å². The Morgan fingerprint density at radius 1 is 1.59 bits per heavy atom. The maximum absolute atomic E-state index is 11.7. The summed E-state index contributed by atoms with van der Waals surface area (Å²) < 4.78 is 11.3. The number of amides is 1. The number of ether oxygens (including phenoxy) is 1. The lowest BCUT2D eigenvalue weighted by Crippen LogP contribution is -2.32. The minimum atomic E-state index is -0.169. The molecule has 1 aliphatic rings. The molecule has 1 fully saturated rings. The summed E-state index contributed by atoms with van der Waals surface area (Å²) in [7, 11) is 0. The summed E-state index contributed by atoms with van der Waals surface area (Å²) in [5.74, 6) is 0.587. The van der Waals surface area contributed by atoms with E-state index < -0.39 is 0 Å². The molecule has 5 heteroatoms. The molecular weight excluding hydrogens is 286 g/mol. The minimum absolute atomic E-state index is 0.169. The van der Waals surface area contributed by atoms with Crippen LogP contribution >= 0.6 is 15.9 Å². The molecule has 2 atom stereocenters. The van der Waals surface area contributed by atoms with Crippen LogP contribution in [-0.2, 0) is 4.74 Å². The largest absolute Gasteiger partial charge is 0.444 e. The molecule has 0 aromatic carbocycles. The van der Waals surface area contributed by atoms with Crippen molar-refractivity contribution >= 4 is 21.8 Å². The maximum Gasteiger partial charge on any atom is 0.287 e. The van der Waals surface area contributed by atoms with Crippen molar-refractivity contribution in [2.75, 3.05) is 13.2 Å². The van der Waals surface area contributed by atoms with E-state index in [1.807, 2.05) is 0 Å². The number of furan rings is 1. The highest BCUT2D eigenvalue weighted by atomic mass is 79.9. The van der Waals surface area contributed by atoms with E-state index >= 15 is 0 Å². The highest BCUT2D eigenvalue weighted by Gasteiger charge is 2.27. The summed E-state index contributed by atoms with van der Waals surface area (Å²) in [6, 6.07) is 3.37. The fourth-order valence-corrected chi connectivity index (χ4v) is 2.43. The van der Waals surface area contributed by atoms with Gasteiger partial charge in [-0.05, 0) is 40.9 Å². The van der Waals surface area contributed by atoms with Gasteiger partial charge in [0.25, 0.3) is 5.91 Å². The van der Waals surface area contributed by atoms with Gasteiger partial charge in [-0.1, -0.05) is 6.92 Å². The molecule has 1 N–H and O–H groups in total.